The fourth-order valence-corrected chi connectivity index (χ4v) is 3.04. The van der Waals surface area contributed by atoms with Crippen molar-refractivity contribution in [3.63, 3.8) is 0 Å². The number of hydrogen-bond acceptors (Lipinski definition) is 3. The Labute approximate surface area is 138 Å². The minimum atomic E-state index is -0.00895. The highest BCUT2D eigenvalue weighted by Crippen LogP contribution is 2.24. The van der Waals surface area contributed by atoms with E-state index in [1.165, 1.54) is 0 Å². The fourth-order valence-electron chi connectivity index (χ4n) is 2.54. The first kappa shape index (κ1) is 15.3. The smallest absolute Gasteiger partial charge is 0.257 e. The van der Waals surface area contributed by atoms with Gasteiger partial charge in [-0.2, -0.15) is 5.10 Å². The van der Waals surface area contributed by atoms with Crippen LogP contribution in [0.2, 0.25) is 10.0 Å². The van der Waals surface area contributed by atoms with Crippen molar-refractivity contribution in [3.05, 3.63) is 46.2 Å². The molecule has 116 valence electrons. The lowest BCUT2D eigenvalue weighted by Gasteiger charge is -2.33. The molecule has 0 aliphatic carbocycles. The number of rotatable bonds is 2. The molecular formula is C15H16Cl2N4O. The number of amides is 1. The summed E-state index contributed by atoms with van der Waals surface area (Å²) in [6.07, 6.45) is 3.27. The zero-order valence-corrected chi connectivity index (χ0v) is 13.6. The van der Waals surface area contributed by atoms with E-state index in [1.807, 2.05) is 11.8 Å². The molecule has 1 fully saturated rings. The summed E-state index contributed by atoms with van der Waals surface area (Å²) in [4.78, 5) is 14.4. The molecule has 7 heteroatoms. The first-order valence-electron chi connectivity index (χ1n) is 7.08. The zero-order valence-electron chi connectivity index (χ0n) is 12.1. The standard InChI is InChI=1S/C15H16Cl2N4O/c1-10-7-18-4-5-20(10)15(22)11-8-19-21(9-11)14-3-2-12(16)6-13(14)17/h2-3,6,8-10,18H,4-5,7H2,1H3/t10-/m0/s1. The Hall–Kier alpha value is -1.56. The van der Waals surface area contributed by atoms with E-state index in [-0.39, 0.29) is 11.9 Å². The van der Waals surface area contributed by atoms with E-state index in [2.05, 4.69) is 10.4 Å². The van der Waals surface area contributed by atoms with Gasteiger partial charge in [0.25, 0.3) is 5.91 Å². The highest BCUT2D eigenvalue weighted by Gasteiger charge is 2.25. The average Bonchev–Trinajstić information content (AvgIpc) is 2.96. The van der Waals surface area contributed by atoms with Crippen LogP contribution in [0.1, 0.15) is 17.3 Å². The molecule has 0 radical (unpaired) electrons. The summed E-state index contributed by atoms with van der Waals surface area (Å²) in [5.41, 5.74) is 1.25. The van der Waals surface area contributed by atoms with Crippen LogP contribution in [-0.4, -0.2) is 46.3 Å². The van der Waals surface area contributed by atoms with Gasteiger partial charge in [-0.25, -0.2) is 4.68 Å². The van der Waals surface area contributed by atoms with E-state index >= 15 is 0 Å². The maximum Gasteiger partial charge on any atom is 0.257 e. The quantitative estimate of drug-likeness (QED) is 0.915. The van der Waals surface area contributed by atoms with Crippen molar-refractivity contribution < 1.29 is 4.79 Å². The third-order valence-corrected chi connectivity index (χ3v) is 4.29. The summed E-state index contributed by atoms with van der Waals surface area (Å²) in [6.45, 7) is 4.35. The molecule has 5 nitrogen and oxygen atoms in total. The maximum absolute atomic E-state index is 12.6. The van der Waals surface area contributed by atoms with E-state index in [0.29, 0.717) is 27.8 Å². The van der Waals surface area contributed by atoms with E-state index in [1.54, 1.807) is 35.3 Å². The van der Waals surface area contributed by atoms with Crippen molar-refractivity contribution in [2.45, 2.75) is 13.0 Å². The van der Waals surface area contributed by atoms with Crippen molar-refractivity contribution in [3.8, 4) is 5.69 Å². The molecule has 3 rings (SSSR count). The normalized spacial score (nSPS) is 18.5. The topological polar surface area (TPSA) is 50.2 Å². The molecule has 0 saturated carbocycles. The number of carbonyl (C=O) groups is 1. The Balaban J connectivity index is 1.85. The number of piperazine rings is 1. The highest BCUT2D eigenvalue weighted by atomic mass is 35.5. The molecule has 0 bridgehead atoms. The third kappa shape index (κ3) is 2.97. The second kappa shape index (κ2) is 6.28. The molecule has 1 amide bonds. The molecule has 1 aliphatic rings. The van der Waals surface area contributed by atoms with Crippen molar-refractivity contribution in [2.24, 2.45) is 0 Å². The Morgan fingerprint density at radius 2 is 2.23 bits per heavy atom. The lowest BCUT2D eigenvalue weighted by Crippen LogP contribution is -2.52. The summed E-state index contributed by atoms with van der Waals surface area (Å²) in [6, 6.07) is 5.34. The molecule has 1 N–H and O–H groups in total. The van der Waals surface area contributed by atoms with Crippen LogP contribution >= 0.6 is 23.2 Å². The summed E-state index contributed by atoms with van der Waals surface area (Å²) in [5, 5.41) is 8.57. The van der Waals surface area contributed by atoms with Crippen molar-refractivity contribution in [2.75, 3.05) is 19.6 Å². The van der Waals surface area contributed by atoms with Gasteiger partial charge < -0.3 is 10.2 Å². The van der Waals surface area contributed by atoms with Crippen LogP contribution < -0.4 is 5.32 Å². The van der Waals surface area contributed by atoms with Crippen LogP contribution in [0.3, 0.4) is 0 Å². The van der Waals surface area contributed by atoms with Gasteiger partial charge in [0.2, 0.25) is 0 Å². The second-order valence-electron chi connectivity index (χ2n) is 5.32. The molecule has 2 heterocycles. The summed E-state index contributed by atoms with van der Waals surface area (Å²) >= 11 is 12.1. The van der Waals surface area contributed by atoms with Crippen molar-refractivity contribution in [1.29, 1.82) is 0 Å². The van der Waals surface area contributed by atoms with Gasteiger partial charge in [0.15, 0.2) is 0 Å². The molecule has 0 spiro atoms. The van der Waals surface area contributed by atoms with Gasteiger partial charge in [0.05, 0.1) is 22.5 Å². The monoisotopic (exact) mass is 338 g/mol. The lowest BCUT2D eigenvalue weighted by molar-refractivity contribution is 0.0656. The van der Waals surface area contributed by atoms with Gasteiger partial charge >= 0.3 is 0 Å². The minimum Gasteiger partial charge on any atom is -0.333 e. The molecule has 22 heavy (non-hydrogen) atoms. The summed E-state index contributed by atoms with van der Waals surface area (Å²) < 4.78 is 1.60. The fraction of sp³-hybridized carbons (Fsp3) is 0.333. The van der Waals surface area contributed by atoms with Gasteiger partial charge in [0.1, 0.15) is 0 Å². The summed E-state index contributed by atoms with van der Waals surface area (Å²) in [5.74, 6) is -0.00895. The van der Waals surface area contributed by atoms with Gasteiger partial charge in [-0.1, -0.05) is 23.2 Å². The van der Waals surface area contributed by atoms with Gasteiger partial charge in [-0.05, 0) is 25.1 Å². The Morgan fingerprint density at radius 3 is 2.95 bits per heavy atom. The van der Waals surface area contributed by atoms with Gasteiger partial charge in [0, 0.05) is 36.9 Å². The van der Waals surface area contributed by atoms with Crippen molar-refractivity contribution >= 4 is 29.1 Å². The van der Waals surface area contributed by atoms with Crippen LogP contribution in [0.25, 0.3) is 5.69 Å². The summed E-state index contributed by atoms with van der Waals surface area (Å²) in [7, 11) is 0. The lowest BCUT2D eigenvalue weighted by atomic mass is 10.2. The predicted octanol–water partition coefficient (Wildman–Crippen LogP) is 2.61. The SMILES string of the molecule is C[C@H]1CNCCN1C(=O)c1cnn(-c2ccc(Cl)cc2Cl)c1. The molecule has 1 aromatic carbocycles. The minimum absolute atomic E-state index is 0.00895. The number of nitrogens with zero attached hydrogens (tertiary/aromatic N) is 3. The second-order valence-corrected chi connectivity index (χ2v) is 6.16. The van der Waals surface area contributed by atoms with Crippen LogP contribution in [0.4, 0.5) is 0 Å². The largest absolute Gasteiger partial charge is 0.333 e. The van der Waals surface area contributed by atoms with Crippen LogP contribution in [0.5, 0.6) is 0 Å². The number of aromatic nitrogens is 2. The number of benzene rings is 1. The molecule has 1 atom stereocenters. The van der Waals surface area contributed by atoms with E-state index in [9.17, 15) is 4.79 Å². The van der Waals surface area contributed by atoms with E-state index < -0.39 is 0 Å². The predicted molar refractivity (Wildman–Crippen MR) is 87.0 cm³/mol. The molecular weight excluding hydrogens is 323 g/mol. The first-order chi connectivity index (χ1) is 10.6. The Kier molecular flexibility index (Phi) is 4.38. The number of halogens is 2. The van der Waals surface area contributed by atoms with Crippen molar-refractivity contribution in [1.82, 2.24) is 20.0 Å². The molecule has 1 aliphatic heterocycles. The van der Waals surface area contributed by atoms with Crippen LogP contribution in [-0.2, 0) is 0 Å². The Morgan fingerprint density at radius 1 is 1.41 bits per heavy atom. The maximum atomic E-state index is 12.6. The highest BCUT2D eigenvalue weighted by molar-refractivity contribution is 6.35. The number of carbonyl (C=O) groups excluding carboxylic acids is 1. The van der Waals surface area contributed by atoms with E-state index in [4.69, 9.17) is 23.2 Å². The van der Waals surface area contributed by atoms with Crippen LogP contribution in [0, 0.1) is 0 Å². The Bertz CT molecular complexity index is 701. The zero-order chi connectivity index (χ0) is 15.7. The first-order valence-corrected chi connectivity index (χ1v) is 7.83. The third-order valence-electron chi connectivity index (χ3n) is 3.75. The van der Waals surface area contributed by atoms with E-state index in [0.717, 1.165) is 13.1 Å². The van der Waals surface area contributed by atoms with Gasteiger partial charge in [-0.3, -0.25) is 4.79 Å². The van der Waals surface area contributed by atoms with Crippen LogP contribution in [0.15, 0.2) is 30.6 Å². The molecule has 1 saturated heterocycles. The molecule has 0 unspecified atom stereocenters. The molecule has 1 aromatic heterocycles. The number of hydrogen-bond donors (Lipinski definition) is 1. The molecule has 2 aromatic rings. The average molecular weight is 339 g/mol. The number of nitrogens with one attached hydrogen (secondary N) is 1. The van der Waals surface area contributed by atoms with Gasteiger partial charge in [-0.15, -0.1) is 0 Å².